The molecule has 0 radical (unpaired) electrons. The number of aliphatic hydroxyl groups is 1. The Morgan fingerprint density at radius 1 is 1.27 bits per heavy atom. The highest BCUT2D eigenvalue weighted by atomic mass is 16.6. The van der Waals surface area contributed by atoms with E-state index in [0.29, 0.717) is 0 Å². The Kier molecular flexibility index (Phi) is 4.00. The van der Waals surface area contributed by atoms with Crippen LogP contribution in [0.5, 0.6) is 0 Å². The molecule has 0 spiro atoms. The molecule has 0 aliphatic carbocycles. The van der Waals surface area contributed by atoms with Crippen molar-refractivity contribution < 1.29 is 9.84 Å². The fourth-order valence-corrected chi connectivity index (χ4v) is 0.939. The summed E-state index contributed by atoms with van der Waals surface area (Å²) in [5.74, 6) is 0. The van der Waals surface area contributed by atoms with Gasteiger partial charge in [0, 0.05) is 5.54 Å². The fraction of sp³-hybridized carbons (Fsp3) is 1.00. The van der Waals surface area contributed by atoms with Gasteiger partial charge in [-0.25, -0.2) is 0 Å². The minimum absolute atomic E-state index is 0.0221. The average Bonchev–Trinajstić information content (AvgIpc) is 1.53. The average molecular weight is 161 g/mol. The molecule has 0 aromatic heterocycles. The third-order valence-corrected chi connectivity index (χ3v) is 1.04. The van der Waals surface area contributed by atoms with Crippen LogP contribution in [0.3, 0.4) is 0 Å². The standard InChI is InChI=1S/C8H19NO2/c1-6(11-7(2)10)9-8(3,4)5/h6-7,9-10H,1-5H3. The molecule has 0 aromatic carbocycles. The Labute approximate surface area is 68.8 Å². The van der Waals surface area contributed by atoms with Crippen molar-refractivity contribution in [1.29, 1.82) is 0 Å². The van der Waals surface area contributed by atoms with Gasteiger partial charge in [0.1, 0.15) is 6.23 Å². The van der Waals surface area contributed by atoms with Crippen LogP contribution in [0.1, 0.15) is 34.6 Å². The molecule has 0 saturated carbocycles. The Hall–Kier alpha value is -0.120. The van der Waals surface area contributed by atoms with Crippen LogP contribution in [0.4, 0.5) is 0 Å². The monoisotopic (exact) mass is 161 g/mol. The van der Waals surface area contributed by atoms with E-state index in [-0.39, 0.29) is 11.8 Å². The van der Waals surface area contributed by atoms with Crippen molar-refractivity contribution in [1.82, 2.24) is 5.32 Å². The van der Waals surface area contributed by atoms with Gasteiger partial charge >= 0.3 is 0 Å². The zero-order valence-electron chi connectivity index (χ0n) is 8.01. The van der Waals surface area contributed by atoms with E-state index in [1.54, 1.807) is 6.92 Å². The molecular formula is C8H19NO2. The topological polar surface area (TPSA) is 41.5 Å². The van der Waals surface area contributed by atoms with Crippen LogP contribution in [0.15, 0.2) is 0 Å². The summed E-state index contributed by atoms with van der Waals surface area (Å²) < 4.78 is 5.07. The second-order valence-corrected chi connectivity index (χ2v) is 3.77. The summed E-state index contributed by atoms with van der Waals surface area (Å²) in [6.07, 6.45) is -0.824. The predicted octanol–water partition coefficient (Wildman–Crippen LogP) is 1.08. The summed E-state index contributed by atoms with van der Waals surface area (Å²) in [5.41, 5.74) is 0.0221. The van der Waals surface area contributed by atoms with Crippen molar-refractivity contribution in [2.45, 2.75) is 52.7 Å². The minimum Gasteiger partial charge on any atom is -0.368 e. The summed E-state index contributed by atoms with van der Waals surface area (Å²) in [4.78, 5) is 0. The molecule has 0 fully saturated rings. The predicted molar refractivity (Wildman–Crippen MR) is 45.1 cm³/mol. The maximum atomic E-state index is 8.86. The number of rotatable bonds is 3. The van der Waals surface area contributed by atoms with Crippen molar-refractivity contribution in [3.05, 3.63) is 0 Å². The van der Waals surface area contributed by atoms with Crippen molar-refractivity contribution in [3.8, 4) is 0 Å². The summed E-state index contributed by atoms with van der Waals surface area (Å²) in [7, 11) is 0. The highest BCUT2D eigenvalue weighted by Crippen LogP contribution is 2.02. The lowest BCUT2D eigenvalue weighted by Gasteiger charge is -2.26. The van der Waals surface area contributed by atoms with Gasteiger partial charge in [-0.3, -0.25) is 5.32 Å². The summed E-state index contributed by atoms with van der Waals surface area (Å²) in [5, 5.41) is 12.0. The second-order valence-electron chi connectivity index (χ2n) is 3.77. The first kappa shape index (κ1) is 10.9. The Balaban J connectivity index is 3.61. The Morgan fingerprint density at radius 2 is 1.73 bits per heavy atom. The van der Waals surface area contributed by atoms with E-state index >= 15 is 0 Å². The van der Waals surface area contributed by atoms with Crippen LogP contribution in [0.25, 0.3) is 0 Å². The van der Waals surface area contributed by atoms with Gasteiger partial charge in [0.2, 0.25) is 0 Å². The molecule has 0 bridgehead atoms. The Morgan fingerprint density at radius 3 is 2.00 bits per heavy atom. The smallest absolute Gasteiger partial charge is 0.153 e. The molecule has 0 heterocycles. The zero-order valence-corrected chi connectivity index (χ0v) is 8.01. The summed E-state index contributed by atoms with van der Waals surface area (Å²) >= 11 is 0. The molecule has 0 aliphatic rings. The highest BCUT2D eigenvalue weighted by Gasteiger charge is 2.14. The molecule has 0 saturated heterocycles. The van der Waals surface area contributed by atoms with Crippen LogP contribution >= 0.6 is 0 Å². The van der Waals surface area contributed by atoms with Crippen molar-refractivity contribution in [2.75, 3.05) is 0 Å². The molecule has 68 valence electrons. The number of nitrogens with one attached hydrogen (secondary N) is 1. The molecule has 0 amide bonds. The first-order valence-electron chi connectivity index (χ1n) is 3.92. The maximum absolute atomic E-state index is 8.86. The Bertz CT molecular complexity index is 107. The quantitative estimate of drug-likeness (QED) is 0.608. The normalized spacial score (nSPS) is 18.0. The molecule has 2 N–H and O–H groups in total. The SMILES string of the molecule is CC(O)OC(C)NC(C)(C)C. The van der Waals surface area contributed by atoms with Crippen LogP contribution in [0, 0.1) is 0 Å². The fourth-order valence-electron chi connectivity index (χ4n) is 0.939. The van der Waals surface area contributed by atoms with E-state index < -0.39 is 6.29 Å². The number of ether oxygens (including phenoxy) is 1. The number of hydrogen-bond acceptors (Lipinski definition) is 3. The molecule has 3 nitrogen and oxygen atoms in total. The summed E-state index contributed by atoms with van der Waals surface area (Å²) in [6, 6.07) is 0. The summed E-state index contributed by atoms with van der Waals surface area (Å²) in [6.45, 7) is 9.62. The van der Waals surface area contributed by atoms with E-state index in [1.165, 1.54) is 0 Å². The van der Waals surface area contributed by atoms with Crippen LogP contribution < -0.4 is 5.32 Å². The molecule has 11 heavy (non-hydrogen) atoms. The molecular weight excluding hydrogens is 142 g/mol. The highest BCUT2D eigenvalue weighted by molar-refractivity contribution is 4.70. The second kappa shape index (κ2) is 4.04. The molecule has 2 unspecified atom stereocenters. The number of aliphatic hydroxyl groups excluding tert-OH is 1. The van der Waals surface area contributed by atoms with E-state index in [0.717, 1.165) is 0 Å². The van der Waals surface area contributed by atoms with Gasteiger partial charge in [-0.1, -0.05) is 0 Å². The lowest BCUT2D eigenvalue weighted by Crippen LogP contribution is -2.44. The first-order valence-corrected chi connectivity index (χ1v) is 3.92. The molecule has 0 aliphatic heterocycles. The van der Waals surface area contributed by atoms with Gasteiger partial charge in [-0.15, -0.1) is 0 Å². The van der Waals surface area contributed by atoms with E-state index in [4.69, 9.17) is 9.84 Å². The van der Waals surface area contributed by atoms with Gasteiger partial charge in [-0.05, 0) is 34.6 Å². The maximum Gasteiger partial charge on any atom is 0.153 e. The van der Waals surface area contributed by atoms with E-state index in [9.17, 15) is 0 Å². The van der Waals surface area contributed by atoms with E-state index in [2.05, 4.69) is 26.1 Å². The molecule has 3 heteroatoms. The van der Waals surface area contributed by atoms with Crippen molar-refractivity contribution in [2.24, 2.45) is 0 Å². The number of hydrogen-bond donors (Lipinski definition) is 2. The first-order chi connectivity index (χ1) is 4.81. The lowest BCUT2D eigenvalue weighted by molar-refractivity contribution is -0.132. The van der Waals surface area contributed by atoms with Gasteiger partial charge in [0.25, 0.3) is 0 Å². The van der Waals surface area contributed by atoms with Gasteiger partial charge in [0.05, 0.1) is 0 Å². The third-order valence-electron chi connectivity index (χ3n) is 1.04. The minimum atomic E-state index is -0.708. The van der Waals surface area contributed by atoms with E-state index in [1.807, 2.05) is 6.92 Å². The van der Waals surface area contributed by atoms with Gasteiger partial charge in [0.15, 0.2) is 6.29 Å². The van der Waals surface area contributed by atoms with Crippen LogP contribution in [0.2, 0.25) is 0 Å². The third kappa shape index (κ3) is 7.78. The van der Waals surface area contributed by atoms with Gasteiger partial charge in [-0.2, -0.15) is 0 Å². The lowest BCUT2D eigenvalue weighted by atomic mass is 10.1. The molecule has 0 rings (SSSR count). The van der Waals surface area contributed by atoms with Gasteiger partial charge < -0.3 is 9.84 Å². The van der Waals surface area contributed by atoms with Crippen LogP contribution in [-0.2, 0) is 4.74 Å². The largest absolute Gasteiger partial charge is 0.368 e. The molecule has 0 aromatic rings. The van der Waals surface area contributed by atoms with Crippen molar-refractivity contribution in [3.63, 3.8) is 0 Å². The van der Waals surface area contributed by atoms with Crippen molar-refractivity contribution >= 4 is 0 Å². The van der Waals surface area contributed by atoms with Crippen LogP contribution in [-0.4, -0.2) is 23.2 Å². The molecule has 2 atom stereocenters. The zero-order chi connectivity index (χ0) is 9.07.